The molecule has 0 aliphatic carbocycles. The minimum absolute atomic E-state index is 0.152. The molecule has 0 aromatic heterocycles. The average Bonchev–Trinajstić information content (AvgIpc) is 2.59. The summed E-state index contributed by atoms with van der Waals surface area (Å²) in [7, 11) is 0. The summed E-state index contributed by atoms with van der Waals surface area (Å²) in [5.74, 6) is 0. The number of rotatable bonds is 4. The molecule has 1 radical (unpaired) electrons. The molecule has 0 heteroatoms. The van der Waals surface area contributed by atoms with E-state index in [1.54, 1.807) is 0 Å². The molecule has 0 bridgehead atoms. The largest absolute Gasteiger partial charge is 0.0639 e. The molecule has 0 spiro atoms. The molecule has 109 valence electrons. The fraction of sp³-hybridized carbons (Fsp3) is 0.136. The fourth-order valence-corrected chi connectivity index (χ4v) is 3.46. The molecule has 0 atom stereocenters. The second-order valence-electron chi connectivity index (χ2n) is 5.65. The molecule has 22 heavy (non-hydrogen) atoms. The predicted octanol–water partition coefficient (Wildman–Crippen LogP) is 5.61. The zero-order valence-corrected chi connectivity index (χ0v) is 13.0. The fourth-order valence-electron chi connectivity index (χ4n) is 3.46. The first-order valence-corrected chi connectivity index (χ1v) is 7.81. The van der Waals surface area contributed by atoms with Crippen LogP contribution < -0.4 is 0 Å². The van der Waals surface area contributed by atoms with Gasteiger partial charge < -0.3 is 0 Å². The predicted molar refractivity (Wildman–Crippen MR) is 94.0 cm³/mol. The Hall–Kier alpha value is -2.34. The van der Waals surface area contributed by atoms with E-state index in [9.17, 15) is 0 Å². The lowest BCUT2D eigenvalue weighted by Crippen LogP contribution is -2.29. The monoisotopic (exact) mass is 285 g/mol. The van der Waals surface area contributed by atoms with Crippen LogP contribution in [0.1, 0.15) is 35.6 Å². The molecule has 0 unspecified atom stereocenters. The van der Waals surface area contributed by atoms with Crippen LogP contribution in [-0.2, 0) is 5.41 Å². The van der Waals surface area contributed by atoms with E-state index in [-0.39, 0.29) is 5.41 Å². The third-order valence-corrected chi connectivity index (χ3v) is 4.54. The molecule has 0 aliphatic rings. The van der Waals surface area contributed by atoms with Crippen LogP contribution in [0.5, 0.6) is 0 Å². The van der Waals surface area contributed by atoms with Crippen molar-refractivity contribution in [1.82, 2.24) is 0 Å². The molecule has 0 N–H and O–H groups in total. The van der Waals surface area contributed by atoms with Crippen LogP contribution in [0.4, 0.5) is 0 Å². The van der Waals surface area contributed by atoms with Gasteiger partial charge in [0, 0.05) is 5.41 Å². The first kappa shape index (κ1) is 14.6. The van der Waals surface area contributed by atoms with Crippen molar-refractivity contribution in [2.45, 2.75) is 18.8 Å². The number of benzene rings is 3. The van der Waals surface area contributed by atoms with Gasteiger partial charge in [-0.2, -0.15) is 0 Å². The Labute approximate surface area is 133 Å². The molecule has 0 saturated carbocycles. The van der Waals surface area contributed by atoms with E-state index in [4.69, 9.17) is 0 Å². The van der Waals surface area contributed by atoms with Crippen molar-refractivity contribution < 1.29 is 0 Å². The molecule has 3 aromatic carbocycles. The Morgan fingerprint density at radius 1 is 0.682 bits per heavy atom. The van der Waals surface area contributed by atoms with Crippen LogP contribution in [0.2, 0.25) is 0 Å². The lowest BCUT2D eigenvalue weighted by atomic mass is 9.66. The average molecular weight is 285 g/mol. The standard InChI is InChI=1S/C22H21/c1-3-22(19-13-6-4-7-14-19,20-15-8-5-9-16-20)21-17-11-10-12-18(21)2/h4-17H,2-3H2,1H3. The summed E-state index contributed by atoms with van der Waals surface area (Å²) in [6.07, 6.45) is 0.994. The van der Waals surface area contributed by atoms with Crippen LogP contribution in [0.25, 0.3) is 0 Å². The lowest BCUT2D eigenvalue weighted by molar-refractivity contribution is 0.592. The van der Waals surface area contributed by atoms with Crippen molar-refractivity contribution in [2.24, 2.45) is 0 Å². The highest BCUT2D eigenvalue weighted by Crippen LogP contribution is 2.43. The van der Waals surface area contributed by atoms with Crippen molar-refractivity contribution in [3.8, 4) is 0 Å². The van der Waals surface area contributed by atoms with E-state index in [0.29, 0.717) is 0 Å². The Morgan fingerprint density at radius 2 is 1.14 bits per heavy atom. The maximum Gasteiger partial charge on any atom is 0.0451 e. The Balaban J connectivity index is 2.34. The summed E-state index contributed by atoms with van der Waals surface area (Å²) in [4.78, 5) is 0. The minimum atomic E-state index is -0.152. The smallest absolute Gasteiger partial charge is 0.0451 e. The quantitative estimate of drug-likeness (QED) is 0.546. The van der Waals surface area contributed by atoms with Gasteiger partial charge in [0.05, 0.1) is 0 Å². The van der Waals surface area contributed by atoms with E-state index in [2.05, 4.69) is 98.8 Å². The summed E-state index contributed by atoms with van der Waals surface area (Å²) in [5.41, 5.74) is 4.87. The van der Waals surface area contributed by atoms with E-state index >= 15 is 0 Å². The van der Waals surface area contributed by atoms with Gasteiger partial charge in [-0.1, -0.05) is 91.9 Å². The second kappa shape index (κ2) is 6.19. The maximum absolute atomic E-state index is 4.29. The van der Waals surface area contributed by atoms with Crippen LogP contribution in [0.15, 0.2) is 84.9 Å². The number of hydrogen-bond donors (Lipinski definition) is 0. The molecule has 0 fully saturated rings. The summed E-state index contributed by atoms with van der Waals surface area (Å²) in [6.45, 7) is 6.54. The zero-order chi connectivity index (χ0) is 15.4. The van der Waals surface area contributed by atoms with Crippen LogP contribution in [0.3, 0.4) is 0 Å². The molecular weight excluding hydrogens is 264 g/mol. The summed E-state index contributed by atoms with van der Waals surface area (Å²) < 4.78 is 0. The summed E-state index contributed by atoms with van der Waals surface area (Å²) in [5, 5.41) is 0. The van der Waals surface area contributed by atoms with Crippen molar-refractivity contribution >= 4 is 0 Å². The molecule has 0 heterocycles. The van der Waals surface area contributed by atoms with Crippen molar-refractivity contribution in [3.63, 3.8) is 0 Å². The maximum atomic E-state index is 4.29. The van der Waals surface area contributed by atoms with Crippen molar-refractivity contribution in [2.75, 3.05) is 0 Å². The molecule has 0 aliphatic heterocycles. The zero-order valence-electron chi connectivity index (χ0n) is 13.0. The van der Waals surface area contributed by atoms with Gasteiger partial charge >= 0.3 is 0 Å². The molecular formula is C22H21. The summed E-state index contributed by atoms with van der Waals surface area (Å²) >= 11 is 0. The topological polar surface area (TPSA) is 0 Å². The highest BCUT2D eigenvalue weighted by Gasteiger charge is 2.35. The number of hydrogen-bond acceptors (Lipinski definition) is 0. The normalized spacial score (nSPS) is 11.4. The van der Waals surface area contributed by atoms with Gasteiger partial charge in [-0.3, -0.25) is 0 Å². The van der Waals surface area contributed by atoms with Gasteiger partial charge in [-0.15, -0.1) is 0 Å². The van der Waals surface area contributed by atoms with Gasteiger partial charge in [-0.25, -0.2) is 0 Å². The Kier molecular flexibility index (Phi) is 4.11. The van der Waals surface area contributed by atoms with Gasteiger partial charge in [0.15, 0.2) is 0 Å². The van der Waals surface area contributed by atoms with Crippen LogP contribution in [-0.4, -0.2) is 0 Å². The SMILES string of the molecule is [CH2]c1ccccc1C(CC)(c1ccccc1)c1ccccc1. The van der Waals surface area contributed by atoms with E-state index in [1.165, 1.54) is 16.7 Å². The van der Waals surface area contributed by atoms with Gasteiger partial charge in [0.1, 0.15) is 0 Å². The van der Waals surface area contributed by atoms with Gasteiger partial charge in [0.25, 0.3) is 0 Å². The molecule has 3 aromatic rings. The third-order valence-electron chi connectivity index (χ3n) is 4.54. The van der Waals surface area contributed by atoms with E-state index < -0.39 is 0 Å². The highest BCUT2D eigenvalue weighted by atomic mass is 14.4. The third kappa shape index (κ3) is 2.35. The minimum Gasteiger partial charge on any atom is -0.0639 e. The molecule has 0 nitrogen and oxygen atoms in total. The van der Waals surface area contributed by atoms with Gasteiger partial charge in [0.2, 0.25) is 0 Å². The summed E-state index contributed by atoms with van der Waals surface area (Å²) in [6, 6.07) is 30.0. The Bertz CT molecular complexity index is 687. The van der Waals surface area contributed by atoms with Crippen molar-refractivity contribution in [3.05, 3.63) is 114 Å². The van der Waals surface area contributed by atoms with Crippen LogP contribution in [0, 0.1) is 6.92 Å². The van der Waals surface area contributed by atoms with E-state index in [0.717, 1.165) is 12.0 Å². The first-order chi connectivity index (χ1) is 10.8. The highest BCUT2D eigenvalue weighted by molar-refractivity contribution is 5.53. The first-order valence-electron chi connectivity index (χ1n) is 7.81. The lowest BCUT2D eigenvalue weighted by Gasteiger charge is -2.36. The van der Waals surface area contributed by atoms with Crippen LogP contribution >= 0.6 is 0 Å². The second-order valence-corrected chi connectivity index (χ2v) is 5.65. The Morgan fingerprint density at radius 3 is 1.59 bits per heavy atom. The molecule has 0 saturated heterocycles. The van der Waals surface area contributed by atoms with Crippen molar-refractivity contribution in [1.29, 1.82) is 0 Å². The molecule has 0 amide bonds. The molecule has 3 rings (SSSR count). The van der Waals surface area contributed by atoms with E-state index in [1.807, 2.05) is 0 Å². The van der Waals surface area contributed by atoms with Gasteiger partial charge in [-0.05, 0) is 35.6 Å².